The molecule has 0 saturated carbocycles. The van der Waals surface area contributed by atoms with Crippen LogP contribution in [-0.2, 0) is 11.3 Å². The summed E-state index contributed by atoms with van der Waals surface area (Å²) in [4.78, 5) is 18.5. The topological polar surface area (TPSA) is 33.2 Å². The SMILES string of the molecule is CC(=O)C1CCN(Cc2ccc3ccccc3n2)CC1. The molecule has 0 N–H and O–H groups in total. The molecule has 1 aromatic carbocycles. The number of hydrogen-bond acceptors (Lipinski definition) is 3. The summed E-state index contributed by atoms with van der Waals surface area (Å²) in [5.74, 6) is 0.615. The van der Waals surface area contributed by atoms with Crippen molar-refractivity contribution in [1.29, 1.82) is 0 Å². The van der Waals surface area contributed by atoms with Crippen LogP contribution in [0.4, 0.5) is 0 Å². The van der Waals surface area contributed by atoms with Crippen LogP contribution in [-0.4, -0.2) is 28.8 Å². The third-order valence-corrected chi connectivity index (χ3v) is 4.20. The Bertz CT molecular complexity index is 615. The average molecular weight is 268 g/mol. The van der Waals surface area contributed by atoms with Crippen molar-refractivity contribution < 1.29 is 4.79 Å². The number of fused-ring (bicyclic) bond motifs is 1. The summed E-state index contributed by atoms with van der Waals surface area (Å²) in [5.41, 5.74) is 2.17. The van der Waals surface area contributed by atoms with Crippen LogP contribution in [0.3, 0.4) is 0 Å². The molecule has 0 amide bonds. The van der Waals surface area contributed by atoms with Crippen LogP contribution in [0.5, 0.6) is 0 Å². The van der Waals surface area contributed by atoms with E-state index in [9.17, 15) is 4.79 Å². The van der Waals surface area contributed by atoms with Gasteiger partial charge in [0.05, 0.1) is 11.2 Å². The molecule has 0 bridgehead atoms. The zero-order valence-corrected chi connectivity index (χ0v) is 11.9. The molecule has 2 aromatic rings. The largest absolute Gasteiger partial charge is 0.300 e. The fourth-order valence-electron chi connectivity index (χ4n) is 2.92. The van der Waals surface area contributed by atoms with Gasteiger partial charge in [0, 0.05) is 17.8 Å². The van der Waals surface area contributed by atoms with Gasteiger partial charge in [-0.2, -0.15) is 0 Å². The predicted molar refractivity (Wildman–Crippen MR) is 80.4 cm³/mol. The van der Waals surface area contributed by atoms with E-state index in [1.165, 1.54) is 5.39 Å². The number of pyridine rings is 1. The van der Waals surface area contributed by atoms with Crippen LogP contribution in [0.25, 0.3) is 10.9 Å². The van der Waals surface area contributed by atoms with Crippen molar-refractivity contribution in [2.45, 2.75) is 26.3 Å². The van der Waals surface area contributed by atoms with Crippen LogP contribution < -0.4 is 0 Å². The maximum atomic E-state index is 11.4. The summed E-state index contributed by atoms with van der Waals surface area (Å²) in [6, 6.07) is 12.5. The number of Topliss-reactive ketones (excluding diaryl/α,β-unsaturated/α-hetero) is 1. The summed E-state index contributed by atoms with van der Waals surface area (Å²) >= 11 is 0. The standard InChI is InChI=1S/C17H20N2O/c1-13(20)14-8-10-19(11-9-14)12-16-7-6-15-4-2-3-5-17(15)18-16/h2-7,14H,8-12H2,1H3. The van der Waals surface area contributed by atoms with Gasteiger partial charge < -0.3 is 0 Å². The Morgan fingerprint density at radius 2 is 1.95 bits per heavy atom. The number of carbonyl (C=O) groups excluding carboxylic acids is 1. The third-order valence-electron chi connectivity index (χ3n) is 4.20. The van der Waals surface area contributed by atoms with E-state index in [1.54, 1.807) is 6.92 Å². The van der Waals surface area contributed by atoms with E-state index in [-0.39, 0.29) is 5.92 Å². The minimum Gasteiger partial charge on any atom is -0.300 e. The van der Waals surface area contributed by atoms with E-state index >= 15 is 0 Å². The van der Waals surface area contributed by atoms with Crippen molar-refractivity contribution in [3.8, 4) is 0 Å². The van der Waals surface area contributed by atoms with Gasteiger partial charge in [-0.05, 0) is 45.0 Å². The highest BCUT2D eigenvalue weighted by Crippen LogP contribution is 2.20. The summed E-state index contributed by atoms with van der Waals surface area (Å²) in [7, 11) is 0. The second-order valence-electron chi connectivity index (χ2n) is 5.66. The highest BCUT2D eigenvalue weighted by molar-refractivity contribution is 5.78. The molecule has 1 saturated heterocycles. The van der Waals surface area contributed by atoms with Crippen molar-refractivity contribution in [2.24, 2.45) is 5.92 Å². The fourth-order valence-corrected chi connectivity index (χ4v) is 2.92. The van der Waals surface area contributed by atoms with E-state index in [1.807, 2.05) is 12.1 Å². The molecule has 0 radical (unpaired) electrons. The van der Waals surface area contributed by atoms with E-state index in [0.29, 0.717) is 5.78 Å². The minimum absolute atomic E-state index is 0.274. The van der Waals surface area contributed by atoms with Gasteiger partial charge in [-0.15, -0.1) is 0 Å². The van der Waals surface area contributed by atoms with E-state index in [4.69, 9.17) is 4.98 Å². The summed E-state index contributed by atoms with van der Waals surface area (Å²) in [6.45, 7) is 4.60. The molecule has 3 nitrogen and oxygen atoms in total. The van der Waals surface area contributed by atoms with Crippen molar-refractivity contribution in [2.75, 3.05) is 13.1 Å². The van der Waals surface area contributed by atoms with Crippen LogP contribution >= 0.6 is 0 Å². The van der Waals surface area contributed by atoms with E-state index in [0.717, 1.165) is 43.7 Å². The molecule has 0 unspecified atom stereocenters. The molecule has 0 spiro atoms. The van der Waals surface area contributed by atoms with Crippen LogP contribution in [0, 0.1) is 5.92 Å². The molecule has 0 aliphatic carbocycles. The molecule has 2 heterocycles. The molecule has 1 aromatic heterocycles. The lowest BCUT2D eigenvalue weighted by Gasteiger charge is -2.30. The Labute approximate surface area is 119 Å². The third kappa shape index (κ3) is 2.88. The second-order valence-corrected chi connectivity index (χ2v) is 5.66. The monoisotopic (exact) mass is 268 g/mol. The molecule has 3 rings (SSSR count). The first-order valence-corrected chi connectivity index (χ1v) is 7.30. The first kappa shape index (κ1) is 13.3. The van der Waals surface area contributed by atoms with Crippen molar-refractivity contribution in [3.63, 3.8) is 0 Å². The molecular formula is C17H20N2O. The molecule has 3 heteroatoms. The summed E-state index contributed by atoms with van der Waals surface area (Å²) in [6.07, 6.45) is 1.98. The van der Waals surface area contributed by atoms with Crippen molar-refractivity contribution >= 4 is 16.7 Å². The van der Waals surface area contributed by atoms with Gasteiger partial charge in [-0.25, -0.2) is 0 Å². The molecule has 0 atom stereocenters. The number of ketones is 1. The van der Waals surface area contributed by atoms with Gasteiger partial charge in [0.1, 0.15) is 5.78 Å². The van der Waals surface area contributed by atoms with Gasteiger partial charge in [0.15, 0.2) is 0 Å². The first-order valence-electron chi connectivity index (χ1n) is 7.30. The van der Waals surface area contributed by atoms with E-state index < -0.39 is 0 Å². The smallest absolute Gasteiger partial charge is 0.133 e. The summed E-state index contributed by atoms with van der Waals surface area (Å²) < 4.78 is 0. The summed E-state index contributed by atoms with van der Waals surface area (Å²) in [5, 5.41) is 1.19. The van der Waals surface area contributed by atoms with Crippen molar-refractivity contribution in [1.82, 2.24) is 9.88 Å². The number of para-hydroxylation sites is 1. The number of rotatable bonds is 3. The van der Waals surface area contributed by atoms with Crippen LogP contribution in [0.2, 0.25) is 0 Å². The number of carbonyl (C=O) groups is 1. The number of benzene rings is 1. The first-order chi connectivity index (χ1) is 9.72. The van der Waals surface area contributed by atoms with Crippen LogP contribution in [0.1, 0.15) is 25.5 Å². The number of nitrogens with zero attached hydrogens (tertiary/aromatic N) is 2. The molecule has 104 valence electrons. The Hall–Kier alpha value is -1.74. The molecule has 1 aliphatic rings. The lowest BCUT2D eigenvalue weighted by atomic mass is 9.93. The number of aromatic nitrogens is 1. The van der Waals surface area contributed by atoms with Gasteiger partial charge in [0.25, 0.3) is 0 Å². The molecule has 1 fully saturated rings. The lowest BCUT2D eigenvalue weighted by Crippen LogP contribution is -2.35. The Morgan fingerprint density at radius 1 is 1.20 bits per heavy atom. The predicted octanol–water partition coefficient (Wildman–Crippen LogP) is 3.04. The van der Waals surface area contributed by atoms with Gasteiger partial charge >= 0.3 is 0 Å². The van der Waals surface area contributed by atoms with Crippen molar-refractivity contribution in [3.05, 3.63) is 42.1 Å². The number of likely N-dealkylation sites (tertiary alicyclic amines) is 1. The van der Waals surface area contributed by atoms with E-state index in [2.05, 4.69) is 29.2 Å². The quantitative estimate of drug-likeness (QED) is 0.858. The molecular weight excluding hydrogens is 248 g/mol. The minimum atomic E-state index is 0.274. The maximum absolute atomic E-state index is 11.4. The normalized spacial score (nSPS) is 17.4. The second kappa shape index (κ2) is 5.71. The van der Waals surface area contributed by atoms with Gasteiger partial charge in [-0.3, -0.25) is 14.7 Å². The number of hydrogen-bond donors (Lipinski definition) is 0. The number of piperidine rings is 1. The maximum Gasteiger partial charge on any atom is 0.133 e. The molecule has 20 heavy (non-hydrogen) atoms. The Kier molecular flexibility index (Phi) is 3.79. The lowest BCUT2D eigenvalue weighted by molar-refractivity contribution is -0.122. The Balaban J connectivity index is 1.66. The zero-order chi connectivity index (χ0) is 13.9. The molecule has 1 aliphatic heterocycles. The highest BCUT2D eigenvalue weighted by atomic mass is 16.1. The van der Waals surface area contributed by atoms with Gasteiger partial charge in [0.2, 0.25) is 0 Å². The zero-order valence-electron chi connectivity index (χ0n) is 11.9. The van der Waals surface area contributed by atoms with Crippen LogP contribution in [0.15, 0.2) is 36.4 Å². The Morgan fingerprint density at radius 3 is 2.70 bits per heavy atom. The highest BCUT2D eigenvalue weighted by Gasteiger charge is 2.22. The van der Waals surface area contributed by atoms with Gasteiger partial charge in [-0.1, -0.05) is 24.3 Å². The fraction of sp³-hybridized carbons (Fsp3) is 0.412. The average Bonchev–Trinajstić information content (AvgIpc) is 2.48.